The highest BCUT2D eigenvalue weighted by Crippen LogP contribution is 2.66. The molecule has 10 heteroatoms. The van der Waals surface area contributed by atoms with E-state index in [1.165, 1.54) is 0 Å². The topological polar surface area (TPSA) is 94.1 Å². The molecule has 0 N–H and O–H groups in total. The van der Waals surface area contributed by atoms with Crippen molar-refractivity contribution in [1.82, 2.24) is 0 Å². The lowest BCUT2D eigenvalue weighted by Crippen LogP contribution is -2.56. The van der Waals surface area contributed by atoms with Gasteiger partial charge in [-0.25, -0.2) is 4.79 Å². The standard InChI is InChI=1S/C21H24F2O7S/c1-27-16-3-2-15(10-24)17(5-16)20-8-13-4-14(9-20)7-19(6-13,11-20)12-28-18(25)21(22,23)31-30-29-26/h2-3,5,10,13-14,26H,4,6-9,11-12H2,1H3/p-1. The smallest absolute Gasteiger partial charge is 0.415 e. The highest BCUT2D eigenvalue weighted by molar-refractivity contribution is 7.96. The fourth-order valence-electron chi connectivity index (χ4n) is 6.55. The van der Waals surface area contributed by atoms with Crippen LogP contribution < -0.4 is 9.99 Å². The van der Waals surface area contributed by atoms with Crippen molar-refractivity contribution in [2.45, 2.75) is 49.2 Å². The minimum atomic E-state index is -4.05. The Morgan fingerprint density at radius 3 is 2.61 bits per heavy atom. The molecule has 2 unspecified atom stereocenters. The van der Waals surface area contributed by atoms with Crippen LogP contribution in [0.3, 0.4) is 0 Å². The van der Waals surface area contributed by atoms with Gasteiger partial charge in [-0.2, -0.15) is 13.1 Å². The summed E-state index contributed by atoms with van der Waals surface area (Å²) in [4.78, 5) is 23.7. The predicted octanol–water partition coefficient (Wildman–Crippen LogP) is 3.35. The second-order valence-corrected chi connectivity index (χ2v) is 9.94. The molecule has 0 aromatic heterocycles. The van der Waals surface area contributed by atoms with E-state index in [1.54, 1.807) is 19.2 Å². The van der Waals surface area contributed by atoms with Gasteiger partial charge in [0.05, 0.1) is 13.7 Å². The third kappa shape index (κ3) is 4.18. The first-order chi connectivity index (χ1) is 14.7. The Morgan fingerprint density at radius 2 is 2.00 bits per heavy atom. The van der Waals surface area contributed by atoms with Crippen LogP contribution in [0.5, 0.6) is 5.75 Å². The monoisotopic (exact) mass is 457 g/mol. The number of ether oxygens (including phenoxy) is 2. The maximum Gasteiger partial charge on any atom is 0.415 e. The summed E-state index contributed by atoms with van der Waals surface area (Å²) in [5.74, 6) is -0.362. The van der Waals surface area contributed by atoms with Crippen LogP contribution >= 0.6 is 12.0 Å². The fourth-order valence-corrected chi connectivity index (χ4v) is 6.79. The molecule has 2 atom stereocenters. The molecule has 4 aliphatic carbocycles. The Hall–Kier alpha value is -1.75. The molecule has 5 rings (SSSR count). The number of esters is 1. The largest absolute Gasteiger partial charge is 0.691 e. The van der Waals surface area contributed by atoms with Crippen molar-refractivity contribution in [2.75, 3.05) is 13.7 Å². The van der Waals surface area contributed by atoms with Crippen molar-refractivity contribution in [3.05, 3.63) is 29.3 Å². The molecule has 0 saturated heterocycles. The van der Waals surface area contributed by atoms with E-state index in [0.29, 0.717) is 29.6 Å². The quantitative estimate of drug-likeness (QED) is 0.183. The molecule has 170 valence electrons. The molecular weight excluding hydrogens is 434 g/mol. The lowest BCUT2D eigenvalue weighted by atomic mass is 9.43. The number of methoxy groups -OCH3 is 1. The Morgan fingerprint density at radius 1 is 1.29 bits per heavy atom. The van der Waals surface area contributed by atoms with Crippen LogP contribution in [0.4, 0.5) is 8.78 Å². The maximum absolute atomic E-state index is 13.8. The van der Waals surface area contributed by atoms with E-state index >= 15 is 0 Å². The lowest BCUT2D eigenvalue weighted by Gasteiger charge is -2.62. The van der Waals surface area contributed by atoms with Gasteiger partial charge < -0.3 is 14.7 Å². The van der Waals surface area contributed by atoms with Crippen LogP contribution in [-0.4, -0.2) is 31.2 Å². The number of aldehydes is 1. The normalized spacial score (nSPS) is 31.5. The summed E-state index contributed by atoms with van der Waals surface area (Å²) in [5, 5.41) is 8.63. The first-order valence-corrected chi connectivity index (χ1v) is 10.8. The van der Waals surface area contributed by atoms with Crippen LogP contribution in [0, 0.1) is 17.3 Å². The molecule has 31 heavy (non-hydrogen) atoms. The molecule has 4 bridgehead atoms. The van der Waals surface area contributed by atoms with Gasteiger partial charge in [0.15, 0.2) is 0 Å². The van der Waals surface area contributed by atoms with Crippen LogP contribution in [0.2, 0.25) is 0 Å². The molecule has 4 saturated carbocycles. The van der Waals surface area contributed by atoms with E-state index in [1.807, 2.05) is 6.07 Å². The van der Waals surface area contributed by atoms with Crippen LogP contribution in [0.1, 0.15) is 54.4 Å². The summed E-state index contributed by atoms with van der Waals surface area (Å²) in [6.45, 7) is -0.143. The average molecular weight is 457 g/mol. The molecule has 1 aromatic carbocycles. The number of hydrogen-bond donors (Lipinski definition) is 0. The third-order valence-electron chi connectivity index (χ3n) is 7.05. The molecule has 0 aliphatic heterocycles. The molecule has 4 aliphatic rings. The lowest BCUT2D eigenvalue weighted by molar-refractivity contribution is -0.777. The van der Waals surface area contributed by atoms with Gasteiger partial charge in [-0.05, 0) is 79.5 Å². The fraction of sp³-hybridized carbons (Fsp3) is 0.619. The number of halogens is 2. The van der Waals surface area contributed by atoms with Crippen molar-refractivity contribution in [3.8, 4) is 5.75 Å². The number of carbonyl (C=O) groups excluding carboxylic acids is 2. The van der Waals surface area contributed by atoms with Gasteiger partial charge in [0.2, 0.25) is 0 Å². The first-order valence-electron chi connectivity index (χ1n) is 10.1. The number of rotatable bonds is 9. The molecule has 4 fully saturated rings. The SMILES string of the molecule is COc1ccc(C=O)c(C23CC4CC(CC(COC(=O)C(F)(F)SOO[O-])(C4)C2)C3)c1. The van der Waals surface area contributed by atoms with Crippen LogP contribution in [0.15, 0.2) is 18.2 Å². The van der Waals surface area contributed by atoms with Crippen molar-refractivity contribution >= 4 is 24.3 Å². The Kier molecular flexibility index (Phi) is 6.01. The maximum atomic E-state index is 13.8. The predicted molar refractivity (Wildman–Crippen MR) is 103 cm³/mol. The Bertz CT molecular complexity index is 848. The zero-order chi connectivity index (χ0) is 22.3. The molecule has 0 heterocycles. The molecule has 1 aromatic rings. The first kappa shape index (κ1) is 22.4. The van der Waals surface area contributed by atoms with Gasteiger partial charge in [-0.1, -0.05) is 0 Å². The van der Waals surface area contributed by atoms with Crippen LogP contribution in [0.25, 0.3) is 0 Å². The van der Waals surface area contributed by atoms with Gasteiger partial charge in [-0.15, -0.1) is 0 Å². The summed E-state index contributed by atoms with van der Waals surface area (Å²) in [6.07, 6.45) is 5.94. The highest BCUT2D eigenvalue weighted by atomic mass is 32.2. The van der Waals surface area contributed by atoms with E-state index in [9.17, 15) is 23.6 Å². The molecular formula is C21H23F2O7S-. The van der Waals surface area contributed by atoms with Crippen LogP contribution in [-0.2, 0) is 24.3 Å². The van der Waals surface area contributed by atoms with Gasteiger partial charge >= 0.3 is 11.2 Å². The van der Waals surface area contributed by atoms with E-state index in [4.69, 9.17) is 9.47 Å². The van der Waals surface area contributed by atoms with E-state index in [2.05, 4.69) is 9.37 Å². The zero-order valence-electron chi connectivity index (χ0n) is 16.9. The van der Waals surface area contributed by atoms with Gasteiger partial charge in [0, 0.05) is 11.0 Å². The van der Waals surface area contributed by atoms with E-state index in [-0.39, 0.29) is 12.0 Å². The van der Waals surface area contributed by atoms with E-state index in [0.717, 1.165) is 44.0 Å². The number of alkyl halides is 2. The average Bonchev–Trinajstić information content (AvgIpc) is 2.74. The Labute approximate surface area is 182 Å². The number of carbonyl (C=O) groups is 2. The Balaban J connectivity index is 1.58. The second-order valence-electron chi connectivity index (χ2n) is 9.12. The van der Waals surface area contributed by atoms with Gasteiger partial charge in [0.25, 0.3) is 0 Å². The molecule has 7 nitrogen and oxygen atoms in total. The molecule has 0 radical (unpaired) electrons. The molecule has 0 amide bonds. The summed E-state index contributed by atoms with van der Waals surface area (Å²) >= 11 is -0.686. The third-order valence-corrected chi connectivity index (χ3v) is 7.55. The second kappa shape index (κ2) is 8.31. The highest BCUT2D eigenvalue weighted by Gasteiger charge is 2.59. The van der Waals surface area contributed by atoms with Crippen molar-refractivity contribution < 1.29 is 42.5 Å². The zero-order valence-corrected chi connectivity index (χ0v) is 17.8. The number of benzene rings is 1. The van der Waals surface area contributed by atoms with Gasteiger partial charge in [-0.3, -0.25) is 9.83 Å². The summed E-state index contributed by atoms with van der Waals surface area (Å²) in [7, 11) is 1.57. The molecule has 0 spiro atoms. The summed E-state index contributed by atoms with van der Waals surface area (Å²) in [6, 6.07) is 5.41. The van der Waals surface area contributed by atoms with Crippen molar-refractivity contribution in [3.63, 3.8) is 0 Å². The minimum absolute atomic E-state index is 0.143. The van der Waals surface area contributed by atoms with E-state index < -0.39 is 28.7 Å². The van der Waals surface area contributed by atoms with Crippen molar-refractivity contribution in [2.24, 2.45) is 17.3 Å². The van der Waals surface area contributed by atoms with Crippen molar-refractivity contribution in [1.29, 1.82) is 0 Å². The number of hydrogen-bond acceptors (Lipinski definition) is 8. The minimum Gasteiger partial charge on any atom is -0.691 e. The summed E-state index contributed by atoms with van der Waals surface area (Å²) in [5.41, 5.74) is 0.818. The van der Waals surface area contributed by atoms with Gasteiger partial charge in [0.1, 0.15) is 24.1 Å². The summed E-state index contributed by atoms with van der Waals surface area (Å²) < 4.78 is 41.6.